The van der Waals surface area contributed by atoms with E-state index in [0.717, 1.165) is 0 Å². The van der Waals surface area contributed by atoms with E-state index in [0.29, 0.717) is 0 Å². The van der Waals surface area contributed by atoms with Crippen molar-refractivity contribution in [3.05, 3.63) is 12.2 Å². The number of aliphatic hydroxyl groups is 2. The Hall–Kier alpha value is -2.18. The van der Waals surface area contributed by atoms with Crippen molar-refractivity contribution in [2.75, 3.05) is 13.2 Å². The fraction of sp³-hybridized carbons (Fsp3) is 0.800. The number of ether oxygens (including phenoxy) is 5. The highest BCUT2D eigenvalue weighted by Crippen LogP contribution is 2.75. The average Bonchev–Trinajstić information content (AvgIpc) is 3.23. The molecule has 0 aromatic carbocycles. The van der Waals surface area contributed by atoms with Crippen molar-refractivity contribution in [3.8, 4) is 0 Å². The molecular weight excluding hydrogens is 536 g/mol. The molecule has 13 atom stereocenters. The Morgan fingerprint density at radius 2 is 1.88 bits per heavy atom. The van der Waals surface area contributed by atoms with Crippen molar-refractivity contribution in [2.24, 2.45) is 34.5 Å². The van der Waals surface area contributed by atoms with Gasteiger partial charge in [0.2, 0.25) is 5.79 Å². The molecule has 0 aromatic heterocycles. The largest absolute Gasteiger partial charge is 0.458 e. The van der Waals surface area contributed by atoms with E-state index in [9.17, 15) is 24.6 Å². The molecule has 5 aliphatic heterocycles. The zero-order valence-corrected chi connectivity index (χ0v) is 23.6. The van der Waals surface area contributed by atoms with Crippen LogP contribution in [0, 0.1) is 34.5 Å². The number of rotatable bonds is 2. The summed E-state index contributed by atoms with van der Waals surface area (Å²) in [4.78, 5) is 56.2. The number of hydrogen-bond acceptors (Lipinski definition) is 11. The summed E-state index contributed by atoms with van der Waals surface area (Å²) in [5.41, 5.74) is -9.51. The fourth-order valence-corrected chi connectivity index (χ4v) is 11.1. The summed E-state index contributed by atoms with van der Waals surface area (Å²) in [5, 5.41) is 24.4. The van der Waals surface area contributed by atoms with Crippen LogP contribution in [0.1, 0.15) is 59.8 Å². The van der Waals surface area contributed by atoms with Gasteiger partial charge in [-0.15, -0.1) is 0 Å². The van der Waals surface area contributed by atoms with Crippen molar-refractivity contribution in [1.29, 1.82) is 0 Å². The zero-order chi connectivity index (χ0) is 29.2. The minimum atomic E-state index is -2.28. The maximum Gasteiger partial charge on any atom is 0.342 e. The third kappa shape index (κ3) is 2.35. The van der Waals surface area contributed by atoms with Gasteiger partial charge in [-0.1, -0.05) is 13.0 Å². The van der Waals surface area contributed by atoms with E-state index in [1.54, 1.807) is 26.8 Å². The number of carbonyl (C=O) groups is 4. The van der Waals surface area contributed by atoms with Crippen molar-refractivity contribution in [3.63, 3.8) is 0 Å². The molecule has 0 aromatic rings. The topological polar surface area (TPSA) is 155 Å². The van der Waals surface area contributed by atoms with Gasteiger partial charge in [-0.2, -0.15) is 0 Å². The van der Waals surface area contributed by atoms with Crippen molar-refractivity contribution < 1.29 is 53.1 Å². The van der Waals surface area contributed by atoms with Crippen molar-refractivity contribution in [1.82, 2.24) is 0 Å². The number of aliphatic hydroxyl groups excluding tert-OH is 1. The normalized spacial score (nSPS) is 59.6. The second-order valence-electron chi connectivity index (χ2n) is 14.2. The fourth-order valence-electron chi connectivity index (χ4n) is 11.1. The van der Waals surface area contributed by atoms with E-state index >= 15 is 4.79 Å². The van der Waals surface area contributed by atoms with Gasteiger partial charge in [-0.25, -0.2) is 4.79 Å². The lowest BCUT2D eigenvalue weighted by Crippen LogP contribution is -2.79. The molecule has 5 heterocycles. The van der Waals surface area contributed by atoms with E-state index in [1.807, 2.05) is 6.92 Å². The second-order valence-corrected chi connectivity index (χ2v) is 14.2. The number of fused-ring (bicyclic) bond motifs is 5. The number of ketones is 2. The molecule has 2 N–H and O–H groups in total. The third-order valence-corrected chi connectivity index (χ3v) is 13.1. The van der Waals surface area contributed by atoms with Crippen LogP contribution in [0.2, 0.25) is 0 Å². The predicted octanol–water partition coefficient (Wildman–Crippen LogP) is 0.767. The summed E-state index contributed by atoms with van der Waals surface area (Å²) in [6.07, 6.45) is 1.61. The van der Waals surface area contributed by atoms with Crippen molar-refractivity contribution in [2.45, 2.75) is 100 Å². The molecule has 5 saturated heterocycles. The van der Waals surface area contributed by atoms with E-state index in [4.69, 9.17) is 23.7 Å². The number of carbonyl (C=O) groups excluding carboxylic acids is 4. The molecule has 3 aliphatic carbocycles. The highest BCUT2D eigenvalue weighted by Gasteiger charge is 2.93. The smallest absolute Gasteiger partial charge is 0.342 e. The molecule has 5 bridgehead atoms. The van der Waals surface area contributed by atoms with E-state index in [2.05, 4.69) is 0 Å². The molecule has 222 valence electrons. The molecule has 2 spiro atoms. The van der Waals surface area contributed by atoms with Crippen LogP contribution in [0.5, 0.6) is 0 Å². The minimum absolute atomic E-state index is 0.0229. The lowest BCUT2D eigenvalue weighted by Gasteiger charge is -2.64. The van der Waals surface area contributed by atoms with Crippen LogP contribution in [0.3, 0.4) is 0 Å². The first-order valence-electron chi connectivity index (χ1n) is 14.8. The molecular formula is C30H36O11. The van der Waals surface area contributed by atoms with Gasteiger partial charge in [0.25, 0.3) is 0 Å². The Bertz CT molecular complexity index is 1360. The summed E-state index contributed by atoms with van der Waals surface area (Å²) in [7, 11) is 0. The second kappa shape index (κ2) is 7.30. The first-order chi connectivity index (χ1) is 19.2. The number of esters is 2. The van der Waals surface area contributed by atoms with Gasteiger partial charge >= 0.3 is 11.9 Å². The molecule has 7 fully saturated rings. The molecule has 41 heavy (non-hydrogen) atoms. The van der Waals surface area contributed by atoms with Gasteiger partial charge in [0, 0.05) is 12.5 Å². The summed E-state index contributed by atoms with van der Waals surface area (Å²) < 4.78 is 31.5. The van der Waals surface area contributed by atoms with Crippen LogP contribution in [-0.4, -0.2) is 87.3 Å². The highest BCUT2D eigenvalue weighted by molar-refractivity contribution is 6.00. The summed E-state index contributed by atoms with van der Waals surface area (Å²) >= 11 is 0. The van der Waals surface area contributed by atoms with Gasteiger partial charge < -0.3 is 33.9 Å². The maximum atomic E-state index is 15.0. The van der Waals surface area contributed by atoms with Crippen LogP contribution in [0.15, 0.2) is 12.2 Å². The van der Waals surface area contributed by atoms with Crippen LogP contribution in [0.4, 0.5) is 0 Å². The first kappa shape index (κ1) is 26.4. The van der Waals surface area contributed by atoms with Gasteiger partial charge in [0.05, 0.1) is 30.0 Å². The van der Waals surface area contributed by atoms with Crippen LogP contribution < -0.4 is 0 Å². The number of Topliss-reactive ketones (excluding diaryl/α,β-unsaturated/α-hetero) is 1. The number of hydrogen-bond donors (Lipinski definition) is 2. The molecule has 11 heteroatoms. The van der Waals surface area contributed by atoms with Crippen LogP contribution >= 0.6 is 0 Å². The molecule has 0 amide bonds. The summed E-state index contributed by atoms with van der Waals surface area (Å²) in [6.45, 7) is 7.00. The first-order valence-corrected chi connectivity index (χ1v) is 14.8. The Morgan fingerprint density at radius 3 is 2.61 bits per heavy atom. The molecule has 2 saturated carbocycles. The third-order valence-electron chi connectivity index (χ3n) is 13.1. The van der Waals surface area contributed by atoms with E-state index < -0.39 is 92.6 Å². The van der Waals surface area contributed by atoms with Crippen LogP contribution in [0.25, 0.3) is 0 Å². The number of allylic oxidation sites excluding steroid dienone is 1. The SMILES string of the molecule is CCO[C@]12CC=CC(=O)[C@]1(C)[C@H]1CC[C@]3(O)C(=O)O[C@@]4(C)[C@H]5C[C@]6(C)[C@@H](CO[C@@]7(O[C@@]43[C@H]6C7=O)[C@@H]1C[C@H]2O)C(=O)O5. The highest BCUT2D eigenvalue weighted by atomic mass is 16.8. The Kier molecular flexibility index (Phi) is 4.71. The molecule has 11 nitrogen and oxygen atoms in total. The van der Waals surface area contributed by atoms with E-state index in [1.165, 1.54) is 6.08 Å². The Balaban J connectivity index is 1.41. The molecule has 8 aliphatic rings. The molecule has 0 unspecified atom stereocenters. The Labute approximate surface area is 236 Å². The lowest BCUT2D eigenvalue weighted by atomic mass is 9.46. The summed E-state index contributed by atoms with van der Waals surface area (Å²) in [5.74, 6) is -7.77. The zero-order valence-electron chi connectivity index (χ0n) is 23.6. The predicted molar refractivity (Wildman–Crippen MR) is 135 cm³/mol. The van der Waals surface area contributed by atoms with Crippen molar-refractivity contribution >= 4 is 23.5 Å². The monoisotopic (exact) mass is 572 g/mol. The van der Waals surface area contributed by atoms with Gasteiger partial charge in [0.15, 0.2) is 28.4 Å². The quantitative estimate of drug-likeness (QED) is 0.451. The van der Waals surface area contributed by atoms with Gasteiger partial charge in [-0.3, -0.25) is 14.4 Å². The lowest BCUT2D eigenvalue weighted by molar-refractivity contribution is -0.383. The van der Waals surface area contributed by atoms with E-state index in [-0.39, 0.29) is 51.1 Å². The minimum Gasteiger partial charge on any atom is -0.458 e. The standard InChI is InChI=1S/C30H36O11/c1-5-37-28-9-6-7-17(31)25(28,3)14-8-10-27(36)23(35)40-26(4)19-12-24(2)16(22(34)39-19)13-38-29(15(14)11-18(28)32)21(33)20(24)30(26,27)41-29/h6-7,14-16,18-20,32,36H,5,8-13H2,1-4H3/t14-,15+,16-,18+,19+,20-,24+,25-,26-,27-,28-,29+,30-/m0/s1. The maximum absolute atomic E-state index is 15.0. The summed E-state index contributed by atoms with van der Waals surface area (Å²) in [6, 6.07) is 0. The van der Waals surface area contributed by atoms with Gasteiger partial charge in [0.1, 0.15) is 11.7 Å². The van der Waals surface area contributed by atoms with Gasteiger partial charge in [-0.05, 0) is 70.3 Å². The molecule has 0 radical (unpaired) electrons. The average molecular weight is 573 g/mol. The van der Waals surface area contributed by atoms with Crippen LogP contribution in [-0.2, 0) is 42.9 Å². The Morgan fingerprint density at radius 1 is 1.12 bits per heavy atom. The molecule has 8 rings (SSSR count).